The van der Waals surface area contributed by atoms with Crippen molar-refractivity contribution < 1.29 is 9.90 Å². The molecule has 1 saturated carbocycles. The van der Waals surface area contributed by atoms with Crippen LogP contribution in [0.5, 0.6) is 0 Å². The summed E-state index contributed by atoms with van der Waals surface area (Å²) in [6.07, 6.45) is 4.55. The number of urea groups is 1. The van der Waals surface area contributed by atoms with E-state index in [9.17, 15) is 9.90 Å². The van der Waals surface area contributed by atoms with Crippen molar-refractivity contribution in [1.82, 2.24) is 10.2 Å². The highest BCUT2D eigenvalue weighted by atomic mass is 16.3. The Balaban J connectivity index is 1.82. The van der Waals surface area contributed by atoms with Crippen LogP contribution in [0.2, 0.25) is 0 Å². The van der Waals surface area contributed by atoms with Crippen LogP contribution < -0.4 is 10.6 Å². The molecule has 2 unspecified atom stereocenters. The number of hydrogen-bond acceptors (Lipinski definition) is 3. The number of nitrogens with one attached hydrogen (secondary N) is 2. The molecule has 0 saturated heterocycles. The Morgan fingerprint density at radius 3 is 2.36 bits per heavy atom. The van der Waals surface area contributed by atoms with Crippen molar-refractivity contribution in [3.63, 3.8) is 0 Å². The second kappa shape index (κ2) is 9.78. The molecule has 0 spiro atoms. The molecule has 1 aromatic rings. The third-order valence-corrected chi connectivity index (χ3v) is 5.29. The van der Waals surface area contributed by atoms with Crippen LogP contribution in [0, 0.1) is 5.92 Å². The molecule has 1 fully saturated rings. The van der Waals surface area contributed by atoms with E-state index in [0.29, 0.717) is 25.6 Å². The molecule has 1 aliphatic carbocycles. The summed E-state index contributed by atoms with van der Waals surface area (Å²) in [6, 6.07) is 8.02. The van der Waals surface area contributed by atoms with Gasteiger partial charge in [0.15, 0.2) is 0 Å². The van der Waals surface area contributed by atoms with Crippen LogP contribution >= 0.6 is 0 Å². The molecule has 2 rings (SSSR count). The second-order valence-electron chi connectivity index (χ2n) is 6.97. The molecule has 2 amide bonds. The van der Waals surface area contributed by atoms with E-state index in [0.717, 1.165) is 24.1 Å². The second-order valence-corrected chi connectivity index (χ2v) is 6.97. The van der Waals surface area contributed by atoms with Crippen molar-refractivity contribution in [3.05, 3.63) is 29.8 Å². The first-order valence-electron chi connectivity index (χ1n) is 9.62. The van der Waals surface area contributed by atoms with Gasteiger partial charge >= 0.3 is 6.03 Å². The largest absolute Gasteiger partial charge is 0.392 e. The molecule has 0 heterocycles. The summed E-state index contributed by atoms with van der Waals surface area (Å²) in [6.45, 7) is 8.07. The lowest BCUT2D eigenvalue weighted by atomic mass is 10.00. The zero-order valence-electron chi connectivity index (χ0n) is 15.8. The zero-order valence-corrected chi connectivity index (χ0v) is 15.8. The van der Waals surface area contributed by atoms with Crippen LogP contribution in [0.25, 0.3) is 0 Å². The molecular formula is C20H33N3O2. The van der Waals surface area contributed by atoms with E-state index in [4.69, 9.17) is 0 Å². The summed E-state index contributed by atoms with van der Waals surface area (Å²) in [7, 11) is 0. The maximum atomic E-state index is 12.1. The number of rotatable bonds is 8. The minimum absolute atomic E-state index is 0.0661. The summed E-state index contributed by atoms with van der Waals surface area (Å²) >= 11 is 0. The molecular weight excluding hydrogens is 314 g/mol. The van der Waals surface area contributed by atoms with Crippen molar-refractivity contribution in [2.75, 3.05) is 25.0 Å². The number of nitrogens with zero attached hydrogens (tertiary/aromatic N) is 1. The molecule has 0 aliphatic heterocycles. The van der Waals surface area contributed by atoms with Crippen molar-refractivity contribution in [3.8, 4) is 0 Å². The predicted octanol–water partition coefficient (Wildman–Crippen LogP) is 3.76. The highest BCUT2D eigenvalue weighted by Crippen LogP contribution is 2.27. The first kappa shape index (κ1) is 19.7. The molecule has 140 valence electrons. The number of amides is 2. The maximum absolute atomic E-state index is 12.1. The van der Waals surface area contributed by atoms with E-state index in [1.165, 1.54) is 12.8 Å². The first-order valence-corrected chi connectivity index (χ1v) is 9.62. The van der Waals surface area contributed by atoms with Crippen LogP contribution in [0.4, 0.5) is 10.5 Å². The monoisotopic (exact) mass is 347 g/mol. The summed E-state index contributed by atoms with van der Waals surface area (Å²) < 4.78 is 0. The van der Waals surface area contributed by atoms with Gasteiger partial charge in [0.2, 0.25) is 0 Å². The van der Waals surface area contributed by atoms with E-state index >= 15 is 0 Å². The minimum Gasteiger partial charge on any atom is -0.392 e. The molecule has 0 aromatic heterocycles. The smallest absolute Gasteiger partial charge is 0.321 e. The quantitative estimate of drug-likeness (QED) is 0.671. The standard InChI is InChI=1S/C20H33N3O2/c1-4-23(5-2)20(25)22-18-12-10-16(11-13-18)15(3)21-14-19(24)17-8-6-7-9-17/h10-13,15,17,19,21,24H,4-9,14H2,1-3H3,(H,22,25). The molecule has 1 aromatic carbocycles. The summed E-state index contributed by atoms with van der Waals surface area (Å²) in [5, 5.41) is 16.6. The Kier molecular flexibility index (Phi) is 7.72. The number of carbonyl (C=O) groups is 1. The molecule has 1 aliphatic rings. The van der Waals surface area contributed by atoms with E-state index in [1.807, 2.05) is 38.1 Å². The molecule has 0 bridgehead atoms. The Hall–Kier alpha value is -1.59. The molecule has 2 atom stereocenters. The lowest BCUT2D eigenvalue weighted by molar-refractivity contribution is 0.106. The minimum atomic E-state index is -0.252. The summed E-state index contributed by atoms with van der Waals surface area (Å²) in [5.41, 5.74) is 1.96. The molecule has 5 nitrogen and oxygen atoms in total. The van der Waals surface area contributed by atoms with Gasteiger partial charge in [-0.15, -0.1) is 0 Å². The van der Waals surface area contributed by atoms with Crippen molar-refractivity contribution >= 4 is 11.7 Å². The van der Waals surface area contributed by atoms with Gasteiger partial charge in [0.1, 0.15) is 0 Å². The number of hydrogen-bond donors (Lipinski definition) is 3. The first-order chi connectivity index (χ1) is 12.0. The highest BCUT2D eigenvalue weighted by molar-refractivity contribution is 5.89. The Labute approximate surface area is 151 Å². The van der Waals surface area contributed by atoms with Crippen molar-refractivity contribution in [2.45, 2.75) is 58.6 Å². The number of carbonyl (C=O) groups excluding carboxylic acids is 1. The number of anilines is 1. The van der Waals surface area contributed by atoms with Crippen molar-refractivity contribution in [2.24, 2.45) is 5.92 Å². The van der Waals surface area contributed by atoms with Crippen LogP contribution in [0.15, 0.2) is 24.3 Å². The van der Waals surface area contributed by atoms with Gasteiger partial charge < -0.3 is 20.6 Å². The maximum Gasteiger partial charge on any atom is 0.321 e. The normalized spacial score (nSPS) is 17.3. The van der Waals surface area contributed by atoms with Crippen LogP contribution in [-0.2, 0) is 0 Å². The van der Waals surface area contributed by atoms with Gasteiger partial charge in [-0.1, -0.05) is 25.0 Å². The number of aliphatic hydroxyl groups is 1. The van der Waals surface area contributed by atoms with E-state index < -0.39 is 0 Å². The SMILES string of the molecule is CCN(CC)C(=O)Nc1ccc(C(C)NCC(O)C2CCCC2)cc1. The van der Waals surface area contributed by atoms with E-state index in [2.05, 4.69) is 17.6 Å². The average Bonchev–Trinajstić information content (AvgIpc) is 3.16. The van der Waals surface area contributed by atoms with E-state index in [1.54, 1.807) is 4.90 Å². The molecule has 0 radical (unpaired) electrons. The van der Waals surface area contributed by atoms with Gasteiger partial charge in [0.25, 0.3) is 0 Å². The lowest BCUT2D eigenvalue weighted by Crippen LogP contribution is -2.34. The zero-order chi connectivity index (χ0) is 18.2. The van der Waals surface area contributed by atoms with Gasteiger partial charge in [-0.2, -0.15) is 0 Å². The fourth-order valence-corrected chi connectivity index (χ4v) is 3.49. The lowest BCUT2D eigenvalue weighted by Gasteiger charge is -2.22. The predicted molar refractivity (Wildman–Crippen MR) is 103 cm³/mol. The molecule has 25 heavy (non-hydrogen) atoms. The highest BCUT2D eigenvalue weighted by Gasteiger charge is 2.23. The van der Waals surface area contributed by atoms with E-state index in [-0.39, 0.29) is 18.2 Å². The van der Waals surface area contributed by atoms with Gasteiger partial charge in [-0.05, 0) is 57.2 Å². The fraction of sp³-hybridized carbons (Fsp3) is 0.650. The topological polar surface area (TPSA) is 64.6 Å². The average molecular weight is 348 g/mol. The van der Waals surface area contributed by atoms with Crippen molar-refractivity contribution in [1.29, 1.82) is 0 Å². The van der Waals surface area contributed by atoms with Crippen LogP contribution in [0.3, 0.4) is 0 Å². The third-order valence-electron chi connectivity index (χ3n) is 5.29. The van der Waals surface area contributed by atoms with Gasteiger partial charge in [0.05, 0.1) is 6.10 Å². The Bertz CT molecular complexity index is 522. The molecule has 5 heteroatoms. The summed E-state index contributed by atoms with van der Waals surface area (Å²) in [4.78, 5) is 13.8. The molecule has 3 N–H and O–H groups in total. The number of benzene rings is 1. The third kappa shape index (κ3) is 5.72. The Morgan fingerprint density at radius 2 is 1.80 bits per heavy atom. The summed E-state index contributed by atoms with van der Waals surface area (Å²) in [5.74, 6) is 0.456. The van der Waals surface area contributed by atoms with Gasteiger partial charge in [0, 0.05) is 31.4 Å². The van der Waals surface area contributed by atoms with Gasteiger partial charge in [-0.3, -0.25) is 0 Å². The van der Waals surface area contributed by atoms with Crippen LogP contribution in [0.1, 0.15) is 58.1 Å². The van der Waals surface area contributed by atoms with Gasteiger partial charge in [-0.25, -0.2) is 4.79 Å². The van der Waals surface area contributed by atoms with Crippen LogP contribution in [-0.4, -0.2) is 41.8 Å². The number of aliphatic hydroxyl groups excluding tert-OH is 1. The fourth-order valence-electron chi connectivity index (χ4n) is 3.49. The Morgan fingerprint density at radius 1 is 1.20 bits per heavy atom.